The molecule has 1 heterocycles. The average molecular weight is 495 g/mol. The summed E-state index contributed by atoms with van der Waals surface area (Å²) in [6.45, 7) is 6.59. The molecule has 5 rings (SSSR count). The standard InChI is InChI=1S/C27H42O8/c1-13(28)17-6-7-18-16-5-4-14-12-15(8-10-26(14,2)19(16)9-11-27(17,18)3)34-25-22(31)20(29)21(30)23(35-25)24(32)33/h14-23,25,29-31H,4-12H2,1-3H3,(H,32,33)/t14-,15-,16+,17+,18-,19-,20+,21+,22-,23+,25-,26+,27-/m1/s1. The van der Waals surface area contributed by atoms with Gasteiger partial charge in [0.2, 0.25) is 0 Å². The first-order valence-corrected chi connectivity index (χ1v) is 13.6. The summed E-state index contributed by atoms with van der Waals surface area (Å²) in [4.78, 5) is 23.8. The third-order valence-electron chi connectivity index (χ3n) is 11.2. The number of rotatable bonds is 4. The number of carboxylic acid groups (broad SMARTS) is 1. The van der Waals surface area contributed by atoms with Crippen molar-refractivity contribution < 1.29 is 39.5 Å². The van der Waals surface area contributed by atoms with Crippen LogP contribution in [0.3, 0.4) is 0 Å². The monoisotopic (exact) mass is 494 g/mol. The summed E-state index contributed by atoms with van der Waals surface area (Å²) in [5.74, 6) is 1.62. The normalized spacial score (nSPS) is 53.8. The second kappa shape index (κ2) is 9.05. The molecular formula is C27H42O8. The lowest BCUT2D eigenvalue weighted by molar-refractivity contribution is -0.309. The van der Waals surface area contributed by atoms with Crippen LogP contribution < -0.4 is 0 Å². The van der Waals surface area contributed by atoms with Gasteiger partial charge in [0.05, 0.1) is 6.10 Å². The molecule has 0 spiro atoms. The quantitative estimate of drug-likeness (QED) is 0.438. The molecule has 0 aromatic heterocycles. The fourth-order valence-corrected chi connectivity index (χ4v) is 9.36. The minimum absolute atomic E-state index is 0.150. The molecule has 5 fully saturated rings. The zero-order valence-corrected chi connectivity index (χ0v) is 21.1. The number of aliphatic hydroxyl groups excluding tert-OH is 3. The van der Waals surface area contributed by atoms with E-state index < -0.39 is 36.7 Å². The van der Waals surface area contributed by atoms with Gasteiger partial charge in [0.15, 0.2) is 12.4 Å². The van der Waals surface area contributed by atoms with Gasteiger partial charge in [0.25, 0.3) is 0 Å². The van der Waals surface area contributed by atoms with Crippen LogP contribution in [0.15, 0.2) is 0 Å². The molecule has 0 aromatic carbocycles. The highest BCUT2D eigenvalue weighted by Gasteiger charge is 2.61. The Labute approximate surface area is 207 Å². The van der Waals surface area contributed by atoms with Crippen molar-refractivity contribution in [2.45, 2.75) is 115 Å². The minimum atomic E-state index is -1.71. The lowest BCUT2D eigenvalue weighted by Crippen LogP contribution is -2.61. The van der Waals surface area contributed by atoms with Crippen molar-refractivity contribution in [1.29, 1.82) is 0 Å². The van der Waals surface area contributed by atoms with Gasteiger partial charge in [-0.25, -0.2) is 4.79 Å². The van der Waals surface area contributed by atoms with E-state index in [1.165, 1.54) is 19.3 Å². The molecule has 4 aliphatic carbocycles. The van der Waals surface area contributed by atoms with Gasteiger partial charge in [-0.1, -0.05) is 13.8 Å². The molecule has 4 saturated carbocycles. The lowest BCUT2D eigenvalue weighted by Gasteiger charge is -2.61. The van der Waals surface area contributed by atoms with E-state index >= 15 is 0 Å². The predicted molar refractivity (Wildman–Crippen MR) is 125 cm³/mol. The van der Waals surface area contributed by atoms with Crippen LogP contribution >= 0.6 is 0 Å². The number of ether oxygens (including phenoxy) is 2. The maximum absolute atomic E-state index is 12.4. The number of aliphatic hydroxyl groups is 3. The van der Waals surface area contributed by atoms with Crippen molar-refractivity contribution in [3.05, 3.63) is 0 Å². The molecule has 13 atom stereocenters. The summed E-state index contributed by atoms with van der Waals surface area (Å²) in [5.41, 5.74) is 0.362. The van der Waals surface area contributed by atoms with Crippen LogP contribution in [0.4, 0.5) is 0 Å². The Balaban J connectivity index is 1.26. The Morgan fingerprint density at radius 1 is 0.857 bits per heavy atom. The zero-order valence-electron chi connectivity index (χ0n) is 21.1. The minimum Gasteiger partial charge on any atom is -0.479 e. The highest BCUT2D eigenvalue weighted by Crippen LogP contribution is 2.67. The van der Waals surface area contributed by atoms with Gasteiger partial charge in [-0.3, -0.25) is 4.79 Å². The van der Waals surface area contributed by atoms with E-state index in [9.17, 15) is 30.0 Å². The van der Waals surface area contributed by atoms with E-state index in [2.05, 4.69) is 13.8 Å². The van der Waals surface area contributed by atoms with Gasteiger partial charge in [-0.05, 0) is 99.2 Å². The van der Waals surface area contributed by atoms with Crippen LogP contribution in [-0.2, 0) is 19.1 Å². The second-order valence-electron chi connectivity index (χ2n) is 12.7. The first kappa shape index (κ1) is 25.6. The maximum Gasteiger partial charge on any atom is 0.335 e. The largest absolute Gasteiger partial charge is 0.479 e. The van der Waals surface area contributed by atoms with Gasteiger partial charge in [-0.2, -0.15) is 0 Å². The Morgan fingerprint density at radius 2 is 1.54 bits per heavy atom. The van der Waals surface area contributed by atoms with Gasteiger partial charge in [-0.15, -0.1) is 0 Å². The highest BCUT2D eigenvalue weighted by atomic mass is 16.7. The summed E-state index contributed by atoms with van der Waals surface area (Å²) in [7, 11) is 0. The van der Waals surface area contributed by atoms with Gasteiger partial charge in [0.1, 0.15) is 24.1 Å². The number of hydrogen-bond donors (Lipinski definition) is 4. The number of carbonyl (C=O) groups is 2. The smallest absolute Gasteiger partial charge is 0.335 e. The number of carbonyl (C=O) groups excluding carboxylic acids is 1. The molecule has 35 heavy (non-hydrogen) atoms. The lowest BCUT2D eigenvalue weighted by atomic mass is 9.44. The predicted octanol–water partition coefficient (Wildman–Crippen LogP) is 2.51. The van der Waals surface area contributed by atoms with E-state index in [-0.39, 0.29) is 22.9 Å². The number of hydrogen-bond acceptors (Lipinski definition) is 7. The molecule has 4 N–H and O–H groups in total. The topological polar surface area (TPSA) is 134 Å². The molecule has 198 valence electrons. The molecule has 0 aromatic rings. The zero-order chi connectivity index (χ0) is 25.3. The molecule has 8 nitrogen and oxygen atoms in total. The summed E-state index contributed by atoms with van der Waals surface area (Å²) >= 11 is 0. The number of fused-ring (bicyclic) bond motifs is 5. The molecule has 0 radical (unpaired) electrons. The van der Waals surface area contributed by atoms with Crippen molar-refractivity contribution in [3.8, 4) is 0 Å². The summed E-state index contributed by atoms with van der Waals surface area (Å²) < 4.78 is 11.4. The third kappa shape index (κ3) is 3.99. The Morgan fingerprint density at radius 3 is 2.23 bits per heavy atom. The second-order valence-corrected chi connectivity index (χ2v) is 12.7. The average Bonchev–Trinajstić information content (AvgIpc) is 3.17. The van der Waals surface area contributed by atoms with Crippen molar-refractivity contribution in [2.75, 3.05) is 0 Å². The van der Waals surface area contributed by atoms with Crippen LogP contribution in [0.25, 0.3) is 0 Å². The molecule has 0 amide bonds. The first-order chi connectivity index (χ1) is 16.5. The summed E-state index contributed by atoms with van der Waals surface area (Å²) in [6.07, 6.45) is 1.46. The number of Topliss-reactive ketones (excluding diaryl/α,β-unsaturated/α-hetero) is 1. The number of aliphatic carboxylic acids is 1. The maximum atomic E-state index is 12.4. The van der Waals surface area contributed by atoms with Crippen LogP contribution in [0.5, 0.6) is 0 Å². The molecule has 0 bridgehead atoms. The van der Waals surface area contributed by atoms with Crippen molar-refractivity contribution in [2.24, 2.45) is 40.4 Å². The Bertz CT molecular complexity index is 847. The number of ketones is 1. The van der Waals surface area contributed by atoms with Crippen LogP contribution in [-0.4, -0.2) is 69.0 Å². The van der Waals surface area contributed by atoms with E-state index in [1.54, 1.807) is 6.92 Å². The van der Waals surface area contributed by atoms with E-state index in [0.29, 0.717) is 29.5 Å². The van der Waals surface area contributed by atoms with E-state index in [0.717, 1.165) is 38.5 Å². The number of carboxylic acids is 1. The molecule has 1 saturated heterocycles. The SMILES string of the molecule is CC(=O)[C@@H]1CC[C@@H]2[C@@H]3CC[C@@H]4C[C@H](O[C@@H]5O[C@H](C(=O)O)[C@@H](O)[C@H](O)[C@H]5O)CC[C@]4(C)[C@@H]3CC[C@@]21C. The highest BCUT2D eigenvalue weighted by molar-refractivity contribution is 5.79. The molecular weight excluding hydrogens is 452 g/mol. The Hall–Kier alpha value is -1.06. The van der Waals surface area contributed by atoms with Crippen molar-refractivity contribution in [3.63, 3.8) is 0 Å². The van der Waals surface area contributed by atoms with Gasteiger partial charge in [0, 0.05) is 5.92 Å². The Kier molecular flexibility index (Phi) is 6.61. The molecule has 8 heteroatoms. The van der Waals surface area contributed by atoms with E-state index in [4.69, 9.17) is 9.47 Å². The summed E-state index contributed by atoms with van der Waals surface area (Å²) in [6, 6.07) is 0. The van der Waals surface area contributed by atoms with E-state index in [1.807, 2.05) is 0 Å². The third-order valence-corrected chi connectivity index (χ3v) is 11.2. The van der Waals surface area contributed by atoms with Crippen molar-refractivity contribution in [1.82, 2.24) is 0 Å². The van der Waals surface area contributed by atoms with Crippen LogP contribution in [0, 0.1) is 40.4 Å². The van der Waals surface area contributed by atoms with Gasteiger partial charge < -0.3 is 29.9 Å². The molecule has 1 aliphatic heterocycles. The van der Waals surface area contributed by atoms with Gasteiger partial charge >= 0.3 is 5.97 Å². The molecule has 0 unspecified atom stereocenters. The van der Waals surface area contributed by atoms with Crippen LogP contribution in [0.2, 0.25) is 0 Å². The van der Waals surface area contributed by atoms with Crippen LogP contribution in [0.1, 0.15) is 78.6 Å². The fourth-order valence-electron chi connectivity index (χ4n) is 9.36. The molecule has 5 aliphatic rings. The fraction of sp³-hybridized carbons (Fsp3) is 0.926. The first-order valence-electron chi connectivity index (χ1n) is 13.6. The van der Waals surface area contributed by atoms with Crippen molar-refractivity contribution >= 4 is 11.8 Å². The summed E-state index contributed by atoms with van der Waals surface area (Å²) in [5, 5.41) is 39.7.